The van der Waals surface area contributed by atoms with Gasteiger partial charge < -0.3 is 38.3 Å². The van der Waals surface area contributed by atoms with E-state index in [0.717, 1.165) is 27.7 Å². The Hall–Kier alpha value is -4.63. The molecule has 3 aromatic carbocycles. The fourth-order valence-corrected chi connectivity index (χ4v) is 6.81. The molecule has 1 aromatic heterocycles. The second-order valence-electron chi connectivity index (χ2n) is 13.8. The summed E-state index contributed by atoms with van der Waals surface area (Å²) in [6.07, 6.45) is 0.631. The third-order valence-electron chi connectivity index (χ3n) is 9.88. The summed E-state index contributed by atoms with van der Waals surface area (Å²) in [5, 5.41) is 7.10. The van der Waals surface area contributed by atoms with Crippen LogP contribution in [0.25, 0.3) is 22.0 Å². The number of nitrogens with one attached hydrogen (secondary N) is 1. The van der Waals surface area contributed by atoms with E-state index in [1.807, 2.05) is 62.5 Å². The van der Waals surface area contributed by atoms with Crippen molar-refractivity contribution in [1.29, 1.82) is 0 Å². The minimum atomic E-state index is -0.449. The first kappa shape index (κ1) is 43.5. The van der Waals surface area contributed by atoms with E-state index in [4.69, 9.17) is 28.4 Å². The van der Waals surface area contributed by atoms with Crippen molar-refractivity contribution in [2.75, 3.05) is 93.3 Å². The summed E-state index contributed by atoms with van der Waals surface area (Å²) in [5.41, 5.74) is 6.60. The van der Waals surface area contributed by atoms with E-state index in [9.17, 15) is 14.4 Å². The van der Waals surface area contributed by atoms with Crippen molar-refractivity contribution in [3.8, 4) is 11.1 Å². The summed E-state index contributed by atoms with van der Waals surface area (Å²) in [7, 11) is 3.53. The molecule has 0 saturated heterocycles. The number of carbonyl (C=O) groups excluding carboxylic acids is 3. The van der Waals surface area contributed by atoms with Gasteiger partial charge in [-0.3, -0.25) is 9.59 Å². The highest BCUT2D eigenvalue weighted by Gasteiger charge is 2.30. The zero-order chi connectivity index (χ0) is 40.2. The predicted octanol–water partition coefficient (Wildman–Crippen LogP) is 5.83. The lowest BCUT2D eigenvalue weighted by molar-refractivity contribution is -0.125. The first-order valence-corrected chi connectivity index (χ1v) is 19.9. The second kappa shape index (κ2) is 23.6. The monoisotopic (exact) mass is 786 g/mol. The molecule has 1 aliphatic rings. The number of hydrogen-bond donors (Lipinski definition) is 1. The highest BCUT2D eigenvalue weighted by molar-refractivity contribution is 5.86. The van der Waals surface area contributed by atoms with Crippen molar-refractivity contribution < 1.29 is 42.8 Å². The van der Waals surface area contributed by atoms with Crippen molar-refractivity contribution in [2.45, 2.75) is 45.2 Å². The molecule has 1 N–H and O–H groups in total. The Balaban J connectivity index is 0.974. The van der Waals surface area contributed by atoms with Gasteiger partial charge in [0, 0.05) is 63.8 Å². The SMILES string of the molecule is CCOCCOCCOCCOCCOCCCC(=O)CNC(=O)CCn1c(CN(C)N(C)C(=O)OCC2c3ccccc3-c3ccccc32)cc2ccccc21. The molecule has 0 radical (unpaired) electrons. The molecule has 0 saturated carbocycles. The quantitative estimate of drug-likeness (QED) is 0.0583. The van der Waals surface area contributed by atoms with Gasteiger partial charge in [0.05, 0.1) is 65.9 Å². The molecule has 0 spiro atoms. The number of rotatable bonds is 27. The molecule has 308 valence electrons. The molecule has 2 amide bonds. The molecule has 4 aromatic rings. The van der Waals surface area contributed by atoms with E-state index in [-0.39, 0.29) is 37.2 Å². The van der Waals surface area contributed by atoms with Crippen LogP contribution in [0.1, 0.15) is 48.9 Å². The van der Waals surface area contributed by atoms with E-state index >= 15 is 0 Å². The largest absolute Gasteiger partial charge is 0.447 e. The molecule has 1 heterocycles. The number of fused-ring (bicyclic) bond motifs is 4. The highest BCUT2D eigenvalue weighted by Crippen LogP contribution is 2.44. The molecule has 57 heavy (non-hydrogen) atoms. The maximum Gasteiger partial charge on any atom is 0.424 e. The Morgan fingerprint density at radius 3 is 1.89 bits per heavy atom. The molecule has 0 unspecified atom stereocenters. The van der Waals surface area contributed by atoms with Crippen LogP contribution < -0.4 is 5.32 Å². The summed E-state index contributed by atoms with van der Waals surface area (Å²) < 4.78 is 35.1. The minimum Gasteiger partial charge on any atom is -0.447 e. The summed E-state index contributed by atoms with van der Waals surface area (Å²) in [6, 6.07) is 26.6. The minimum absolute atomic E-state index is 0.0214. The standard InChI is InChI=1S/C44H58N4O9/c1-4-52-22-23-54-26-27-56-29-28-55-25-24-53-21-11-13-36(49)31-45-43(50)19-20-48-35(30-34-12-5-10-18-42(34)48)32-46(2)47(3)44(51)57-33-41-39-16-8-6-14-37(39)38-15-7-9-17-40(38)41/h5-10,12,14-18,30,41H,4,11,13,19-29,31-33H2,1-3H3,(H,45,50). The van der Waals surface area contributed by atoms with E-state index < -0.39 is 6.09 Å². The number of para-hydroxylation sites is 1. The number of benzene rings is 3. The van der Waals surface area contributed by atoms with Crippen LogP contribution >= 0.6 is 0 Å². The van der Waals surface area contributed by atoms with Gasteiger partial charge in [0.2, 0.25) is 5.91 Å². The van der Waals surface area contributed by atoms with Gasteiger partial charge in [-0.25, -0.2) is 14.8 Å². The van der Waals surface area contributed by atoms with Crippen molar-refractivity contribution in [1.82, 2.24) is 19.9 Å². The molecule has 5 rings (SSSR count). The van der Waals surface area contributed by atoms with E-state index in [1.165, 1.54) is 16.1 Å². The van der Waals surface area contributed by atoms with Crippen LogP contribution in [-0.2, 0) is 51.1 Å². The highest BCUT2D eigenvalue weighted by atomic mass is 16.6. The number of aromatic nitrogens is 1. The van der Waals surface area contributed by atoms with E-state index in [1.54, 1.807) is 12.1 Å². The molecule has 0 atom stereocenters. The molecule has 13 heteroatoms. The third-order valence-corrected chi connectivity index (χ3v) is 9.88. The average Bonchev–Trinajstić information content (AvgIpc) is 3.74. The van der Waals surface area contributed by atoms with Crippen LogP contribution in [0, 0.1) is 0 Å². The van der Waals surface area contributed by atoms with Crippen molar-refractivity contribution in [2.24, 2.45) is 0 Å². The number of carbonyl (C=O) groups is 3. The summed E-state index contributed by atoms with van der Waals surface area (Å²) in [4.78, 5) is 38.6. The van der Waals surface area contributed by atoms with Crippen LogP contribution in [0.2, 0.25) is 0 Å². The zero-order valence-corrected chi connectivity index (χ0v) is 33.6. The summed E-state index contributed by atoms with van der Waals surface area (Å²) in [5.74, 6) is -0.284. The first-order chi connectivity index (χ1) is 27.9. The predicted molar refractivity (Wildman–Crippen MR) is 218 cm³/mol. The Labute approximate surface area is 336 Å². The Kier molecular flexibility index (Phi) is 18.0. The summed E-state index contributed by atoms with van der Waals surface area (Å²) in [6.45, 7) is 8.14. The lowest BCUT2D eigenvalue weighted by Gasteiger charge is -2.28. The Morgan fingerprint density at radius 2 is 1.26 bits per heavy atom. The van der Waals surface area contributed by atoms with Gasteiger partial charge in [0.15, 0.2) is 5.78 Å². The molecule has 0 aliphatic heterocycles. The van der Waals surface area contributed by atoms with E-state index in [0.29, 0.717) is 92.0 Å². The zero-order valence-electron chi connectivity index (χ0n) is 33.6. The molecule has 13 nitrogen and oxygen atoms in total. The fraction of sp³-hybridized carbons (Fsp3) is 0.477. The molecule has 0 bridgehead atoms. The number of aryl methyl sites for hydroxylation is 1. The topological polar surface area (TPSA) is 130 Å². The van der Waals surface area contributed by atoms with Gasteiger partial charge >= 0.3 is 6.09 Å². The lowest BCUT2D eigenvalue weighted by Crippen LogP contribution is -2.41. The van der Waals surface area contributed by atoms with Crippen LogP contribution in [-0.4, -0.2) is 126 Å². The lowest BCUT2D eigenvalue weighted by atomic mass is 9.98. The number of hydrogen-bond acceptors (Lipinski definition) is 10. The summed E-state index contributed by atoms with van der Waals surface area (Å²) >= 11 is 0. The van der Waals surface area contributed by atoms with Gasteiger partial charge in [-0.15, -0.1) is 0 Å². The number of ketones is 1. The maximum absolute atomic E-state index is 13.3. The Bertz CT molecular complexity index is 1820. The van der Waals surface area contributed by atoms with Crippen LogP contribution in [0.4, 0.5) is 4.79 Å². The van der Waals surface area contributed by atoms with Gasteiger partial charge in [0.1, 0.15) is 6.61 Å². The molecular formula is C44H58N4O9. The normalized spacial score (nSPS) is 12.2. The molecule has 1 aliphatic carbocycles. The van der Waals surface area contributed by atoms with Gasteiger partial charge in [0.25, 0.3) is 0 Å². The Morgan fingerprint density at radius 1 is 0.702 bits per heavy atom. The fourth-order valence-electron chi connectivity index (χ4n) is 6.81. The van der Waals surface area contributed by atoms with Crippen LogP contribution in [0.5, 0.6) is 0 Å². The van der Waals surface area contributed by atoms with Gasteiger partial charge in [-0.2, -0.15) is 0 Å². The molecular weight excluding hydrogens is 729 g/mol. The number of hydrazine groups is 1. The average molecular weight is 787 g/mol. The van der Waals surface area contributed by atoms with Crippen molar-refractivity contribution >= 4 is 28.7 Å². The number of nitrogens with zero attached hydrogens (tertiary/aromatic N) is 3. The smallest absolute Gasteiger partial charge is 0.424 e. The van der Waals surface area contributed by atoms with Gasteiger partial charge in [-0.1, -0.05) is 66.7 Å². The second-order valence-corrected chi connectivity index (χ2v) is 13.8. The third kappa shape index (κ3) is 13.2. The van der Waals surface area contributed by atoms with Crippen LogP contribution in [0.15, 0.2) is 78.9 Å². The van der Waals surface area contributed by atoms with E-state index in [2.05, 4.69) is 40.2 Å². The van der Waals surface area contributed by atoms with Crippen LogP contribution in [0.3, 0.4) is 0 Å². The number of amides is 2. The number of Topliss-reactive ketones (excluding diaryl/α,β-unsaturated/α-hetero) is 1. The number of ether oxygens (including phenoxy) is 6. The molecule has 0 fully saturated rings. The van der Waals surface area contributed by atoms with Crippen molar-refractivity contribution in [3.05, 3.63) is 95.7 Å². The van der Waals surface area contributed by atoms with Crippen molar-refractivity contribution in [3.63, 3.8) is 0 Å². The maximum atomic E-state index is 13.3. The first-order valence-electron chi connectivity index (χ1n) is 19.9. The van der Waals surface area contributed by atoms with Gasteiger partial charge in [-0.05, 0) is 53.1 Å².